The maximum absolute atomic E-state index is 11.7. The number of amides is 1. The number of carbonyl (C=O) groups excluding carboxylic acids is 1. The van der Waals surface area contributed by atoms with E-state index in [-0.39, 0.29) is 11.6 Å². The lowest BCUT2D eigenvalue weighted by molar-refractivity contribution is 0.0690. The van der Waals surface area contributed by atoms with Gasteiger partial charge in [0.25, 0.3) is 5.91 Å². The zero-order chi connectivity index (χ0) is 13.8. The zero-order valence-corrected chi connectivity index (χ0v) is 11.0. The first-order chi connectivity index (χ1) is 9.06. The summed E-state index contributed by atoms with van der Waals surface area (Å²) in [4.78, 5) is 24.1. The Kier molecular flexibility index (Phi) is 3.91. The molecule has 0 aliphatic heterocycles. The molecule has 7 nitrogen and oxygen atoms in total. The van der Waals surface area contributed by atoms with Crippen LogP contribution in [0.15, 0.2) is 18.3 Å². The van der Waals surface area contributed by atoms with Gasteiger partial charge in [0.05, 0.1) is 17.6 Å². The summed E-state index contributed by atoms with van der Waals surface area (Å²) in [5.41, 5.74) is -0.111. The third-order valence-electron chi connectivity index (χ3n) is 2.35. The molecule has 100 valence electrons. The van der Waals surface area contributed by atoms with Gasteiger partial charge in [0.1, 0.15) is 0 Å². The lowest BCUT2D eigenvalue weighted by atomic mass is 10.4. The number of aromatic carboxylic acids is 1. The Morgan fingerprint density at radius 3 is 2.84 bits per heavy atom. The summed E-state index contributed by atoms with van der Waals surface area (Å²) < 4.78 is 1.38. The summed E-state index contributed by atoms with van der Waals surface area (Å²) in [7, 11) is 0. The second-order valence-electron chi connectivity index (χ2n) is 3.84. The number of hydrogen-bond donors (Lipinski definition) is 2. The summed E-state index contributed by atoms with van der Waals surface area (Å²) in [6.07, 6.45) is 1.32. The Bertz CT molecular complexity index is 605. The van der Waals surface area contributed by atoms with Crippen LogP contribution in [-0.2, 0) is 6.54 Å². The van der Waals surface area contributed by atoms with Gasteiger partial charge in [-0.1, -0.05) is 5.21 Å². The van der Waals surface area contributed by atoms with Gasteiger partial charge in [-0.05, 0) is 19.1 Å². The van der Waals surface area contributed by atoms with Crippen LogP contribution in [0.4, 0.5) is 0 Å². The smallest absolute Gasteiger partial charge is 0.358 e. The number of carboxylic acid groups (broad SMARTS) is 1. The van der Waals surface area contributed by atoms with Crippen molar-refractivity contribution in [3.8, 4) is 0 Å². The molecule has 2 heterocycles. The standard InChI is InChI=1S/C11H12N4O3S/c1-7-2-3-9(19-7)10(16)12-4-5-15-6-8(11(17)18)13-14-15/h2-3,6H,4-5H2,1H3,(H,12,16)(H,17,18). The fraction of sp³-hybridized carbons (Fsp3) is 0.273. The van der Waals surface area contributed by atoms with Crippen LogP contribution in [0.1, 0.15) is 25.0 Å². The number of nitrogens with one attached hydrogen (secondary N) is 1. The van der Waals surface area contributed by atoms with E-state index in [1.165, 1.54) is 22.2 Å². The molecule has 0 saturated heterocycles. The van der Waals surface area contributed by atoms with Crippen molar-refractivity contribution in [1.29, 1.82) is 0 Å². The minimum atomic E-state index is -1.12. The Labute approximate surface area is 112 Å². The van der Waals surface area contributed by atoms with Gasteiger partial charge in [0.15, 0.2) is 5.69 Å². The van der Waals surface area contributed by atoms with Crippen LogP contribution in [0.3, 0.4) is 0 Å². The monoisotopic (exact) mass is 280 g/mol. The van der Waals surface area contributed by atoms with Crippen molar-refractivity contribution < 1.29 is 14.7 Å². The molecular formula is C11H12N4O3S. The van der Waals surface area contributed by atoms with Gasteiger partial charge in [-0.3, -0.25) is 4.79 Å². The van der Waals surface area contributed by atoms with Crippen LogP contribution < -0.4 is 5.32 Å². The predicted molar refractivity (Wildman–Crippen MR) is 68.4 cm³/mol. The molecule has 19 heavy (non-hydrogen) atoms. The SMILES string of the molecule is Cc1ccc(C(=O)NCCn2cc(C(=O)O)nn2)s1. The molecule has 2 N–H and O–H groups in total. The quantitative estimate of drug-likeness (QED) is 0.843. The topological polar surface area (TPSA) is 97.1 Å². The van der Waals surface area contributed by atoms with Gasteiger partial charge in [0, 0.05) is 11.4 Å². The highest BCUT2D eigenvalue weighted by atomic mass is 32.1. The lowest BCUT2D eigenvalue weighted by Gasteiger charge is -2.02. The molecule has 0 aliphatic rings. The minimum absolute atomic E-state index is 0.111. The molecule has 1 amide bonds. The highest BCUT2D eigenvalue weighted by Gasteiger charge is 2.09. The number of hydrogen-bond acceptors (Lipinski definition) is 5. The summed E-state index contributed by atoms with van der Waals surface area (Å²) >= 11 is 1.43. The van der Waals surface area contributed by atoms with Crippen LogP contribution in [-0.4, -0.2) is 38.5 Å². The fourth-order valence-corrected chi connectivity index (χ4v) is 2.22. The summed E-state index contributed by atoms with van der Waals surface area (Å²) in [6, 6.07) is 3.66. The number of nitrogens with zero attached hydrogens (tertiary/aromatic N) is 3. The Balaban J connectivity index is 1.83. The van der Waals surface area contributed by atoms with Crippen molar-refractivity contribution >= 4 is 23.2 Å². The van der Waals surface area contributed by atoms with Gasteiger partial charge in [-0.15, -0.1) is 16.4 Å². The van der Waals surface area contributed by atoms with Crippen molar-refractivity contribution in [2.45, 2.75) is 13.5 Å². The molecule has 0 unspecified atom stereocenters. The summed E-state index contributed by atoms with van der Waals surface area (Å²) in [5, 5.41) is 18.5. The molecule has 0 aromatic carbocycles. The summed E-state index contributed by atoms with van der Waals surface area (Å²) in [6.45, 7) is 2.67. The molecule has 0 fully saturated rings. The summed E-state index contributed by atoms with van der Waals surface area (Å²) in [5.74, 6) is -1.26. The second-order valence-corrected chi connectivity index (χ2v) is 5.13. The number of aromatic nitrogens is 3. The fourth-order valence-electron chi connectivity index (χ4n) is 1.43. The third kappa shape index (κ3) is 3.38. The number of carboxylic acids is 1. The van der Waals surface area contributed by atoms with E-state index in [9.17, 15) is 9.59 Å². The molecule has 0 radical (unpaired) electrons. The van der Waals surface area contributed by atoms with E-state index in [4.69, 9.17) is 5.11 Å². The number of thiophene rings is 1. The highest BCUT2D eigenvalue weighted by Crippen LogP contribution is 2.14. The first-order valence-corrected chi connectivity index (χ1v) is 6.36. The maximum atomic E-state index is 11.7. The van der Waals surface area contributed by atoms with E-state index in [1.807, 2.05) is 13.0 Å². The molecule has 0 bridgehead atoms. The molecular weight excluding hydrogens is 268 g/mol. The Morgan fingerprint density at radius 1 is 1.47 bits per heavy atom. The van der Waals surface area contributed by atoms with E-state index in [0.29, 0.717) is 18.0 Å². The normalized spacial score (nSPS) is 10.4. The van der Waals surface area contributed by atoms with Crippen LogP contribution in [0.2, 0.25) is 0 Å². The van der Waals surface area contributed by atoms with Crippen molar-refractivity contribution in [3.63, 3.8) is 0 Å². The van der Waals surface area contributed by atoms with E-state index in [1.54, 1.807) is 6.07 Å². The molecule has 0 spiro atoms. The Morgan fingerprint density at radius 2 is 2.26 bits per heavy atom. The predicted octanol–water partition coefficient (Wildman–Crippen LogP) is 0.776. The van der Waals surface area contributed by atoms with Gasteiger partial charge in [-0.2, -0.15) is 0 Å². The number of aryl methyl sites for hydroxylation is 1. The van der Waals surface area contributed by atoms with Gasteiger partial charge < -0.3 is 10.4 Å². The molecule has 2 rings (SSSR count). The van der Waals surface area contributed by atoms with E-state index >= 15 is 0 Å². The molecule has 2 aromatic heterocycles. The van der Waals surface area contributed by atoms with Crippen LogP contribution >= 0.6 is 11.3 Å². The van der Waals surface area contributed by atoms with Gasteiger partial charge in [-0.25, -0.2) is 9.48 Å². The first-order valence-electron chi connectivity index (χ1n) is 5.54. The van der Waals surface area contributed by atoms with Crippen molar-refractivity contribution in [2.75, 3.05) is 6.54 Å². The first kappa shape index (κ1) is 13.2. The van der Waals surface area contributed by atoms with Crippen LogP contribution in [0, 0.1) is 6.92 Å². The number of carbonyl (C=O) groups is 2. The van der Waals surface area contributed by atoms with Crippen LogP contribution in [0.5, 0.6) is 0 Å². The molecule has 0 saturated carbocycles. The van der Waals surface area contributed by atoms with Crippen molar-refractivity contribution in [2.24, 2.45) is 0 Å². The lowest BCUT2D eigenvalue weighted by Crippen LogP contribution is -2.26. The van der Waals surface area contributed by atoms with Crippen molar-refractivity contribution in [3.05, 3.63) is 33.8 Å². The highest BCUT2D eigenvalue weighted by molar-refractivity contribution is 7.13. The maximum Gasteiger partial charge on any atom is 0.358 e. The van der Waals surface area contributed by atoms with E-state index in [2.05, 4.69) is 15.6 Å². The zero-order valence-electron chi connectivity index (χ0n) is 10.2. The molecule has 0 atom stereocenters. The van der Waals surface area contributed by atoms with E-state index in [0.717, 1.165) is 4.88 Å². The van der Waals surface area contributed by atoms with Gasteiger partial charge >= 0.3 is 5.97 Å². The average Bonchev–Trinajstić information content (AvgIpc) is 2.98. The van der Waals surface area contributed by atoms with E-state index < -0.39 is 5.97 Å². The molecule has 2 aromatic rings. The average molecular weight is 280 g/mol. The Hall–Kier alpha value is -2.22. The van der Waals surface area contributed by atoms with Crippen molar-refractivity contribution in [1.82, 2.24) is 20.3 Å². The molecule has 8 heteroatoms. The van der Waals surface area contributed by atoms with Gasteiger partial charge in [0.2, 0.25) is 0 Å². The third-order valence-corrected chi connectivity index (χ3v) is 3.35. The molecule has 0 aliphatic carbocycles. The minimum Gasteiger partial charge on any atom is -0.476 e. The second kappa shape index (κ2) is 5.61. The largest absolute Gasteiger partial charge is 0.476 e. The number of rotatable bonds is 5. The van der Waals surface area contributed by atoms with Crippen LogP contribution in [0.25, 0.3) is 0 Å².